The molecule has 4 nitrogen and oxygen atoms in total. The minimum atomic E-state index is -0.0780. The molecule has 0 unspecified atom stereocenters. The molecule has 0 spiro atoms. The Kier molecular flexibility index (Phi) is 4.93. The average molecular weight is 258 g/mol. The molecule has 0 aliphatic carbocycles. The first-order valence-electron chi connectivity index (χ1n) is 5.41. The number of rotatable bonds is 5. The van der Waals surface area contributed by atoms with Crippen molar-refractivity contribution >= 4 is 23.2 Å². The standard InChI is InChI=1S/C12H17ClN2O2/c1-15(2,7-8-16)9-12(17)14-11-5-3-10(13)4-6-11/h3-6,16H,7-9H2,1-2H3/p+1. The second kappa shape index (κ2) is 6.00. The predicted octanol–water partition coefficient (Wildman–Crippen LogP) is 1.35. The zero-order chi connectivity index (χ0) is 12.9. The van der Waals surface area contributed by atoms with Crippen LogP contribution in [0.5, 0.6) is 0 Å². The number of hydrogen-bond donors (Lipinski definition) is 2. The molecule has 0 aromatic heterocycles. The van der Waals surface area contributed by atoms with Gasteiger partial charge in [-0.3, -0.25) is 4.79 Å². The third kappa shape index (κ3) is 5.17. The van der Waals surface area contributed by atoms with Crippen molar-refractivity contribution in [1.82, 2.24) is 0 Å². The molecule has 1 rings (SSSR count). The van der Waals surface area contributed by atoms with Crippen LogP contribution in [0.15, 0.2) is 24.3 Å². The summed E-state index contributed by atoms with van der Waals surface area (Å²) < 4.78 is 0.454. The first-order chi connectivity index (χ1) is 7.93. The molecule has 0 fully saturated rings. The largest absolute Gasteiger partial charge is 0.391 e. The molecular formula is C12H18ClN2O2+. The lowest BCUT2D eigenvalue weighted by molar-refractivity contribution is -0.882. The number of halogens is 1. The minimum absolute atomic E-state index is 0.0707. The summed E-state index contributed by atoms with van der Waals surface area (Å²) in [5.41, 5.74) is 0.725. The van der Waals surface area contributed by atoms with Crippen molar-refractivity contribution in [3.63, 3.8) is 0 Å². The summed E-state index contributed by atoms with van der Waals surface area (Å²) in [7, 11) is 3.80. The second-order valence-electron chi connectivity index (χ2n) is 4.60. The molecular weight excluding hydrogens is 240 g/mol. The third-order valence-electron chi connectivity index (χ3n) is 2.40. The number of amides is 1. The summed E-state index contributed by atoms with van der Waals surface area (Å²) in [5, 5.41) is 12.3. The number of quaternary nitrogens is 1. The van der Waals surface area contributed by atoms with Gasteiger partial charge in [0, 0.05) is 10.7 Å². The Morgan fingerprint density at radius 1 is 1.35 bits per heavy atom. The summed E-state index contributed by atoms with van der Waals surface area (Å²) in [4.78, 5) is 11.7. The fourth-order valence-electron chi connectivity index (χ4n) is 1.47. The molecule has 0 aliphatic rings. The Labute approximate surface area is 106 Å². The van der Waals surface area contributed by atoms with Crippen molar-refractivity contribution in [3.8, 4) is 0 Å². The zero-order valence-corrected chi connectivity index (χ0v) is 10.9. The van der Waals surface area contributed by atoms with Crippen LogP contribution >= 0.6 is 11.6 Å². The fraction of sp³-hybridized carbons (Fsp3) is 0.417. The van der Waals surface area contributed by atoms with E-state index in [1.165, 1.54) is 0 Å². The molecule has 5 heteroatoms. The van der Waals surface area contributed by atoms with Crippen LogP contribution in [0.4, 0.5) is 5.69 Å². The normalized spacial score (nSPS) is 11.3. The number of hydrogen-bond acceptors (Lipinski definition) is 2. The number of carbonyl (C=O) groups excluding carboxylic acids is 1. The van der Waals surface area contributed by atoms with Crippen molar-refractivity contribution in [2.75, 3.05) is 39.1 Å². The predicted molar refractivity (Wildman–Crippen MR) is 69.0 cm³/mol. The van der Waals surface area contributed by atoms with Gasteiger partial charge in [-0.15, -0.1) is 0 Å². The molecule has 17 heavy (non-hydrogen) atoms. The van der Waals surface area contributed by atoms with Crippen molar-refractivity contribution < 1.29 is 14.4 Å². The summed E-state index contributed by atoms with van der Waals surface area (Å²) in [5.74, 6) is -0.0780. The van der Waals surface area contributed by atoms with Gasteiger partial charge in [0.25, 0.3) is 5.91 Å². The zero-order valence-electron chi connectivity index (χ0n) is 10.1. The van der Waals surface area contributed by atoms with E-state index in [-0.39, 0.29) is 12.5 Å². The van der Waals surface area contributed by atoms with Crippen molar-refractivity contribution in [1.29, 1.82) is 0 Å². The maximum absolute atomic E-state index is 11.7. The molecule has 0 atom stereocenters. The van der Waals surface area contributed by atoms with Gasteiger partial charge >= 0.3 is 0 Å². The number of nitrogens with zero attached hydrogens (tertiary/aromatic N) is 1. The monoisotopic (exact) mass is 257 g/mol. The van der Waals surface area contributed by atoms with Gasteiger partial charge in [-0.1, -0.05) is 11.6 Å². The molecule has 0 saturated carbocycles. The van der Waals surface area contributed by atoms with Gasteiger partial charge in [0.2, 0.25) is 0 Å². The molecule has 0 bridgehead atoms. The number of aliphatic hydroxyl groups is 1. The highest BCUT2D eigenvalue weighted by molar-refractivity contribution is 6.30. The van der Waals surface area contributed by atoms with Gasteiger partial charge in [-0.2, -0.15) is 0 Å². The quantitative estimate of drug-likeness (QED) is 0.783. The van der Waals surface area contributed by atoms with Crippen LogP contribution in [-0.4, -0.2) is 49.3 Å². The van der Waals surface area contributed by atoms with E-state index in [0.29, 0.717) is 22.6 Å². The minimum Gasteiger partial charge on any atom is -0.391 e. The lowest BCUT2D eigenvalue weighted by Crippen LogP contribution is -2.47. The summed E-state index contributed by atoms with van der Waals surface area (Å²) >= 11 is 5.75. The number of likely N-dealkylation sites (N-methyl/N-ethyl adjacent to an activating group) is 1. The summed E-state index contributed by atoms with van der Waals surface area (Å²) in [6, 6.07) is 6.97. The molecule has 0 saturated heterocycles. The van der Waals surface area contributed by atoms with Crippen LogP contribution in [0.1, 0.15) is 0 Å². The lowest BCUT2D eigenvalue weighted by atomic mass is 10.3. The molecule has 94 valence electrons. The van der Waals surface area contributed by atoms with Crippen LogP contribution < -0.4 is 5.32 Å². The molecule has 1 amide bonds. The van der Waals surface area contributed by atoms with Gasteiger partial charge in [-0.05, 0) is 24.3 Å². The molecule has 1 aromatic carbocycles. The first-order valence-corrected chi connectivity index (χ1v) is 5.79. The van der Waals surface area contributed by atoms with Crippen LogP contribution in [0, 0.1) is 0 Å². The van der Waals surface area contributed by atoms with Gasteiger partial charge in [-0.25, -0.2) is 0 Å². The summed E-state index contributed by atoms with van der Waals surface area (Å²) in [6.45, 7) is 0.943. The number of carbonyl (C=O) groups is 1. The van der Waals surface area contributed by atoms with E-state index in [9.17, 15) is 4.79 Å². The Morgan fingerprint density at radius 3 is 2.47 bits per heavy atom. The van der Waals surface area contributed by atoms with Gasteiger partial charge in [0.1, 0.15) is 6.54 Å². The van der Waals surface area contributed by atoms with E-state index < -0.39 is 0 Å². The first kappa shape index (κ1) is 14.0. The Bertz CT molecular complexity index is 377. The summed E-state index contributed by atoms with van der Waals surface area (Å²) in [6.07, 6.45) is 0. The average Bonchev–Trinajstić information content (AvgIpc) is 2.20. The van der Waals surface area contributed by atoms with Gasteiger partial charge < -0.3 is 14.9 Å². The van der Waals surface area contributed by atoms with E-state index in [1.54, 1.807) is 24.3 Å². The fourth-order valence-corrected chi connectivity index (χ4v) is 1.60. The third-order valence-corrected chi connectivity index (χ3v) is 2.66. The van der Waals surface area contributed by atoms with Crippen molar-refractivity contribution in [2.24, 2.45) is 0 Å². The van der Waals surface area contributed by atoms with Crippen LogP contribution in [-0.2, 0) is 4.79 Å². The second-order valence-corrected chi connectivity index (χ2v) is 5.03. The Morgan fingerprint density at radius 2 is 1.94 bits per heavy atom. The number of aliphatic hydroxyl groups excluding tert-OH is 1. The number of nitrogens with one attached hydrogen (secondary N) is 1. The van der Waals surface area contributed by atoms with Gasteiger partial charge in [0.15, 0.2) is 6.54 Å². The van der Waals surface area contributed by atoms with Gasteiger partial charge in [0.05, 0.1) is 20.7 Å². The van der Waals surface area contributed by atoms with E-state index in [0.717, 1.165) is 5.69 Å². The lowest BCUT2D eigenvalue weighted by Gasteiger charge is -2.27. The molecule has 2 N–H and O–H groups in total. The molecule has 0 aliphatic heterocycles. The van der Waals surface area contributed by atoms with E-state index in [2.05, 4.69) is 5.32 Å². The van der Waals surface area contributed by atoms with Crippen molar-refractivity contribution in [2.45, 2.75) is 0 Å². The maximum Gasteiger partial charge on any atom is 0.279 e. The number of anilines is 1. The van der Waals surface area contributed by atoms with Crippen LogP contribution in [0.2, 0.25) is 5.02 Å². The van der Waals surface area contributed by atoms with E-state index in [4.69, 9.17) is 16.7 Å². The Balaban J connectivity index is 2.52. The number of benzene rings is 1. The highest BCUT2D eigenvalue weighted by Crippen LogP contribution is 2.13. The molecule has 1 aromatic rings. The van der Waals surface area contributed by atoms with Crippen LogP contribution in [0.25, 0.3) is 0 Å². The molecule has 0 radical (unpaired) electrons. The topological polar surface area (TPSA) is 49.3 Å². The maximum atomic E-state index is 11.7. The van der Waals surface area contributed by atoms with Crippen molar-refractivity contribution in [3.05, 3.63) is 29.3 Å². The highest BCUT2D eigenvalue weighted by Gasteiger charge is 2.19. The Hall–Kier alpha value is -1.10. The van der Waals surface area contributed by atoms with E-state index in [1.807, 2.05) is 14.1 Å². The highest BCUT2D eigenvalue weighted by atomic mass is 35.5. The molecule has 0 heterocycles. The van der Waals surface area contributed by atoms with Crippen LogP contribution in [0.3, 0.4) is 0 Å². The SMILES string of the molecule is C[N+](C)(CCO)CC(=O)Nc1ccc(Cl)cc1. The van der Waals surface area contributed by atoms with E-state index >= 15 is 0 Å². The smallest absolute Gasteiger partial charge is 0.279 e.